The van der Waals surface area contributed by atoms with Crippen LogP contribution in [0.2, 0.25) is 0 Å². The van der Waals surface area contributed by atoms with Crippen LogP contribution in [0.25, 0.3) is 0 Å². The molecule has 0 aliphatic rings. The molecule has 0 amide bonds. The van der Waals surface area contributed by atoms with E-state index < -0.39 is 5.43 Å². The van der Waals surface area contributed by atoms with Crippen LogP contribution in [0.3, 0.4) is 0 Å². The van der Waals surface area contributed by atoms with Crippen molar-refractivity contribution in [1.82, 2.24) is 4.98 Å². The van der Waals surface area contributed by atoms with Crippen LogP contribution in [-0.4, -0.2) is 10.1 Å². The molecule has 3 nitrogen and oxygen atoms in total. The van der Waals surface area contributed by atoms with Crippen LogP contribution in [0.1, 0.15) is 11.3 Å². The van der Waals surface area contributed by atoms with Crippen molar-refractivity contribution in [2.45, 2.75) is 0 Å². The Morgan fingerprint density at radius 2 is 1.82 bits per heavy atom. The van der Waals surface area contributed by atoms with E-state index in [9.17, 15) is 9.90 Å². The Morgan fingerprint density at radius 3 is 2.59 bits per heavy atom. The second kappa shape index (κ2) is 4.95. The average Bonchev–Trinajstić information content (AvgIpc) is 2.52. The van der Waals surface area contributed by atoms with Gasteiger partial charge in [0.25, 0.3) is 0 Å². The van der Waals surface area contributed by atoms with Crippen LogP contribution < -0.4 is 5.43 Å². The normalized spacial score (nSPS) is 9.18. The molecule has 0 aliphatic carbocycles. The van der Waals surface area contributed by atoms with Gasteiger partial charge in [-0.2, -0.15) is 0 Å². The third-order valence-electron chi connectivity index (χ3n) is 2.09. The molecule has 1 heterocycles. The molecule has 0 atom stereocenters. The quantitative estimate of drug-likeness (QED) is 0.689. The zero-order valence-corrected chi connectivity index (χ0v) is 8.92. The SMILES string of the molecule is O=c1ccc(C#Cc2ccccn2)ccc1O. The maximum absolute atomic E-state index is 11.1. The lowest BCUT2D eigenvalue weighted by Crippen LogP contribution is -1.91. The molecule has 0 unspecified atom stereocenters. The lowest BCUT2D eigenvalue weighted by Gasteiger charge is -1.85. The van der Waals surface area contributed by atoms with E-state index in [0.717, 1.165) is 0 Å². The molecule has 1 aromatic carbocycles. The van der Waals surface area contributed by atoms with E-state index in [1.807, 2.05) is 12.1 Å². The van der Waals surface area contributed by atoms with Gasteiger partial charge in [-0.15, -0.1) is 0 Å². The molecule has 0 saturated carbocycles. The first-order chi connectivity index (χ1) is 8.25. The van der Waals surface area contributed by atoms with E-state index in [1.54, 1.807) is 24.4 Å². The van der Waals surface area contributed by atoms with Gasteiger partial charge in [0, 0.05) is 11.8 Å². The van der Waals surface area contributed by atoms with E-state index in [4.69, 9.17) is 0 Å². The number of pyridine rings is 1. The highest BCUT2D eigenvalue weighted by atomic mass is 16.3. The van der Waals surface area contributed by atoms with Crippen molar-refractivity contribution < 1.29 is 5.11 Å². The maximum Gasteiger partial charge on any atom is 0.220 e. The molecule has 1 N–H and O–H groups in total. The summed E-state index contributed by atoms with van der Waals surface area (Å²) in [6.45, 7) is 0. The number of aromatic hydroxyl groups is 1. The summed E-state index contributed by atoms with van der Waals surface area (Å²) in [6.07, 6.45) is 1.66. The fraction of sp³-hybridized carbons (Fsp3) is 0. The van der Waals surface area contributed by atoms with Crippen LogP contribution in [-0.2, 0) is 0 Å². The van der Waals surface area contributed by atoms with Crippen LogP contribution in [0, 0.1) is 11.8 Å². The topological polar surface area (TPSA) is 50.2 Å². The van der Waals surface area contributed by atoms with Gasteiger partial charge in [-0.25, -0.2) is 4.98 Å². The summed E-state index contributed by atoms with van der Waals surface area (Å²) in [4.78, 5) is 15.2. The summed E-state index contributed by atoms with van der Waals surface area (Å²) in [5.41, 5.74) is 0.884. The number of rotatable bonds is 0. The third-order valence-corrected chi connectivity index (χ3v) is 2.09. The molecule has 0 saturated heterocycles. The highest BCUT2D eigenvalue weighted by Gasteiger charge is 1.92. The summed E-state index contributed by atoms with van der Waals surface area (Å²) in [7, 11) is 0. The van der Waals surface area contributed by atoms with E-state index >= 15 is 0 Å². The molecule has 0 radical (unpaired) electrons. The van der Waals surface area contributed by atoms with E-state index in [0.29, 0.717) is 11.3 Å². The molecule has 17 heavy (non-hydrogen) atoms. The number of hydrogen-bond donors (Lipinski definition) is 1. The monoisotopic (exact) mass is 223 g/mol. The van der Waals surface area contributed by atoms with Gasteiger partial charge in [-0.3, -0.25) is 4.79 Å². The van der Waals surface area contributed by atoms with Crippen molar-refractivity contribution in [1.29, 1.82) is 0 Å². The molecule has 0 bridgehead atoms. The van der Waals surface area contributed by atoms with Crippen molar-refractivity contribution in [2.24, 2.45) is 0 Å². The zero-order valence-electron chi connectivity index (χ0n) is 8.92. The minimum Gasteiger partial charge on any atom is -0.504 e. The minimum absolute atomic E-state index is 0.282. The number of aromatic nitrogens is 1. The minimum atomic E-state index is -0.420. The van der Waals surface area contributed by atoms with Crippen LogP contribution in [0.15, 0.2) is 53.5 Å². The summed E-state index contributed by atoms with van der Waals surface area (Å²) in [6, 6.07) is 11.2. The Bertz CT molecular complexity index is 640. The van der Waals surface area contributed by atoms with Gasteiger partial charge < -0.3 is 5.11 Å². The summed E-state index contributed by atoms with van der Waals surface area (Å²) >= 11 is 0. The molecule has 2 rings (SSSR count). The fourth-order valence-corrected chi connectivity index (χ4v) is 1.21. The van der Waals surface area contributed by atoms with E-state index in [-0.39, 0.29) is 5.75 Å². The maximum atomic E-state index is 11.1. The molecule has 0 spiro atoms. The Balaban J connectivity index is 2.36. The average molecular weight is 223 g/mol. The molecule has 3 heteroatoms. The zero-order chi connectivity index (χ0) is 12.1. The van der Waals surface area contributed by atoms with E-state index in [1.165, 1.54) is 12.1 Å². The van der Waals surface area contributed by atoms with Crippen LogP contribution >= 0.6 is 0 Å². The van der Waals surface area contributed by atoms with Gasteiger partial charge in [0.15, 0.2) is 5.75 Å². The van der Waals surface area contributed by atoms with Crippen molar-refractivity contribution in [3.63, 3.8) is 0 Å². The lowest BCUT2D eigenvalue weighted by atomic mass is 10.2. The van der Waals surface area contributed by atoms with Gasteiger partial charge in [0.1, 0.15) is 5.69 Å². The van der Waals surface area contributed by atoms with Crippen molar-refractivity contribution in [2.75, 3.05) is 0 Å². The van der Waals surface area contributed by atoms with Gasteiger partial charge in [-0.05, 0) is 42.3 Å². The Hall–Kier alpha value is -2.60. The Morgan fingerprint density at radius 1 is 1.00 bits per heavy atom. The number of nitrogens with zero attached hydrogens (tertiary/aromatic N) is 1. The summed E-state index contributed by atoms with van der Waals surface area (Å²) in [5.74, 6) is 5.46. The highest BCUT2D eigenvalue weighted by Crippen LogP contribution is 2.00. The molecule has 0 aliphatic heterocycles. The first-order valence-corrected chi connectivity index (χ1v) is 5.02. The second-order valence-corrected chi connectivity index (χ2v) is 3.34. The van der Waals surface area contributed by atoms with Crippen molar-refractivity contribution in [3.05, 3.63) is 70.1 Å². The third kappa shape index (κ3) is 2.93. The van der Waals surface area contributed by atoms with Gasteiger partial charge >= 0.3 is 0 Å². The molecule has 1 aromatic heterocycles. The predicted octanol–water partition coefficient (Wildman–Crippen LogP) is 1.55. The first-order valence-electron chi connectivity index (χ1n) is 5.02. The summed E-state index contributed by atoms with van der Waals surface area (Å²) in [5, 5.41) is 9.22. The van der Waals surface area contributed by atoms with Crippen LogP contribution in [0.4, 0.5) is 0 Å². The Labute approximate surface area is 98.4 Å². The lowest BCUT2D eigenvalue weighted by molar-refractivity contribution is 0.471. The second-order valence-electron chi connectivity index (χ2n) is 3.34. The van der Waals surface area contributed by atoms with Gasteiger partial charge in [0.2, 0.25) is 5.43 Å². The standard InChI is InChI=1S/C14H9NO2/c16-13-8-5-11(6-9-14(13)17)4-7-12-3-1-2-10-15-12/h1-3,5-6,8-10H,(H,16,17). The first kappa shape index (κ1) is 10.9. The number of hydrogen-bond acceptors (Lipinski definition) is 3. The van der Waals surface area contributed by atoms with Gasteiger partial charge in [0.05, 0.1) is 0 Å². The largest absolute Gasteiger partial charge is 0.504 e. The summed E-state index contributed by atoms with van der Waals surface area (Å²) < 4.78 is 0. The molecule has 0 fully saturated rings. The van der Waals surface area contributed by atoms with Crippen molar-refractivity contribution >= 4 is 0 Å². The highest BCUT2D eigenvalue weighted by molar-refractivity contribution is 5.40. The smallest absolute Gasteiger partial charge is 0.220 e. The fourth-order valence-electron chi connectivity index (χ4n) is 1.21. The molecule has 82 valence electrons. The Kier molecular flexibility index (Phi) is 3.18. The van der Waals surface area contributed by atoms with Gasteiger partial charge in [-0.1, -0.05) is 12.0 Å². The molecule has 2 aromatic rings. The predicted molar refractivity (Wildman–Crippen MR) is 64.6 cm³/mol. The van der Waals surface area contributed by atoms with Crippen LogP contribution in [0.5, 0.6) is 5.75 Å². The van der Waals surface area contributed by atoms with E-state index in [2.05, 4.69) is 16.8 Å². The van der Waals surface area contributed by atoms with Crippen molar-refractivity contribution in [3.8, 4) is 17.6 Å². The molecular formula is C14H9NO2. The molecular weight excluding hydrogens is 214 g/mol.